The highest BCUT2D eigenvalue weighted by molar-refractivity contribution is 7.99. The molecule has 1 aromatic heterocycles. The first kappa shape index (κ1) is 18.8. The van der Waals surface area contributed by atoms with Crippen molar-refractivity contribution >= 4 is 29.1 Å². The molecule has 2 N–H and O–H groups in total. The first-order valence-electron chi connectivity index (χ1n) is 8.11. The third-order valence-corrected chi connectivity index (χ3v) is 5.74. The fraction of sp³-hybridized carbons (Fsp3) is 0.444. The summed E-state index contributed by atoms with van der Waals surface area (Å²) in [6.07, 6.45) is 2.13. The highest BCUT2D eigenvalue weighted by Gasteiger charge is 2.16. The average Bonchev–Trinajstić information content (AvgIpc) is 3.07. The lowest BCUT2D eigenvalue weighted by Gasteiger charge is -2.23. The number of guanidine groups is 1. The number of nitrogens with zero attached hydrogens (tertiary/aromatic N) is 2. The second-order valence-corrected chi connectivity index (χ2v) is 8.39. The second-order valence-electron chi connectivity index (χ2n) is 6.02. The molecule has 0 atom stereocenters. The van der Waals surface area contributed by atoms with Crippen LogP contribution in [0.3, 0.4) is 0 Å². The van der Waals surface area contributed by atoms with Gasteiger partial charge in [0.1, 0.15) is 5.01 Å². The number of thiazole rings is 1. The summed E-state index contributed by atoms with van der Waals surface area (Å²) in [7, 11) is 0. The lowest BCUT2D eigenvalue weighted by Crippen LogP contribution is -2.43. The number of hydrogen-bond acceptors (Lipinski definition) is 4. The Bertz CT molecular complexity index is 650. The molecule has 0 bridgehead atoms. The first-order valence-corrected chi connectivity index (χ1v) is 10.2. The van der Waals surface area contributed by atoms with Crippen LogP contribution in [0.2, 0.25) is 0 Å². The number of hydrogen-bond donors (Lipinski definition) is 2. The zero-order valence-electron chi connectivity index (χ0n) is 14.8. The van der Waals surface area contributed by atoms with E-state index in [9.17, 15) is 0 Å². The van der Waals surface area contributed by atoms with Gasteiger partial charge in [0.2, 0.25) is 0 Å². The van der Waals surface area contributed by atoms with Gasteiger partial charge in [-0.15, -0.1) is 11.3 Å². The number of nitrogens with one attached hydrogen (secondary N) is 2. The first-order chi connectivity index (χ1) is 11.5. The number of rotatable bonds is 7. The van der Waals surface area contributed by atoms with Crippen LogP contribution in [0.1, 0.15) is 26.5 Å². The van der Waals surface area contributed by atoms with Gasteiger partial charge in [-0.3, -0.25) is 0 Å². The minimum atomic E-state index is 0.178. The van der Waals surface area contributed by atoms with Crippen LogP contribution in [0.25, 0.3) is 10.6 Å². The van der Waals surface area contributed by atoms with Gasteiger partial charge in [0.15, 0.2) is 5.96 Å². The number of aliphatic imine (C=N–C) groups is 1. The van der Waals surface area contributed by atoms with Gasteiger partial charge in [-0.1, -0.05) is 30.3 Å². The molecule has 0 aliphatic carbocycles. The molecule has 0 fully saturated rings. The van der Waals surface area contributed by atoms with Gasteiger partial charge >= 0.3 is 0 Å². The minimum absolute atomic E-state index is 0.178. The van der Waals surface area contributed by atoms with Crippen molar-refractivity contribution in [3.63, 3.8) is 0 Å². The van der Waals surface area contributed by atoms with E-state index in [1.54, 1.807) is 11.3 Å². The predicted octanol–water partition coefficient (Wildman–Crippen LogP) is 4.01. The fourth-order valence-corrected chi connectivity index (χ4v) is 3.00. The molecular formula is C18H26N4S2. The summed E-state index contributed by atoms with van der Waals surface area (Å²) in [6, 6.07) is 10.3. The van der Waals surface area contributed by atoms with E-state index >= 15 is 0 Å². The predicted molar refractivity (Wildman–Crippen MR) is 108 cm³/mol. The van der Waals surface area contributed by atoms with Crippen LogP contribution in [0.5, 0.6) is 0 Å². The molecule has 2 aromatic rings. The Hall–Kier alpha value is -1.53. The molecular weight excluding hydrogens is 336 g/mol. The summed E-state index contributed by atoms with van der Waals surface area (Å²) < 4.78 is 0.178. The van der Waals surface area contributed by atoms with Crippen molar-refractivity contribution in [2.75, 3.05) is 19.3 Å². The average molecular weight is 363 g/mol. The zero-order valence-corrected chi connectivity index (χ0v) is 16.4. The van der Waals surface area contributed by atoms with E-state index < -0.39 is 0 Å². The molecule has 0 amide bonds. The Labute approximate surface area is 153 Å². The Morgan fingerprint density at radius 1 is 1.25 bits per heavy atom. The molecule has 1 heterocycles. The maximum absolute atomic E-state index is 4.69. The smallest absolute Gasteiger partial charge is 0.191 e. The largest absolute Gasteiger partial charge is 0.357 e. The van der Waals surface area contributed by atoms with Gasteiger partial charge in [-0.05, 0) is 27.0 Å². The lowest BCUT2D eigenvalue weighted by molar-refractivity contribution is 0.664. The van der Waals surface area contributed by atoms with E-state index in [0.717, 1.165) is 35.3 Å². The van der Waals surface area contributed by atoms with Gasteiger partial charge in [0, 0.05) is 28.8 Å². The molecule has 130 valence electrons. The normalized spacial score (nSPS) is 12.2. The fourth-order valence-electron chi connectivity index (χ4n) is 1.96. The number of thioether (sulfide) groups is 1. The summed E-state index contributed by atoms with van der Waals surface area (Å²) in [5.41, 5.74) is 2.16. The van der Waals surface area contributed by atoms with E-state index in [4.69, 9.17) is 0 Å². The van der Waals surface area contributed by atoms with Crippen molar-refractivity contribution < 1.29 is 0 Å². The lowest BCUT2D eigenvalue weighted by atomic mass is 10.2. The molecule has 0 aliphatic heterocycles. The third-order valence-electron chi connectivity index (χ3n) is 3.55. The van der Waals surface area contributed by atoms with Gasteiger partial charge in [-0.2, -0.15) is 11.8 Å². The Balaban J connectivity index is 2.00. The topological polar surface area (TPSA) is 49.3 Å². The zero-order chi connectivity index (χ0) is 17.4. The quantitative estimate of drug-likeness (QED) is 0.577. The highest BCUT2D eigenvalue weighted by atomic mass is 32.2. The van der Waals surface area contributed by atoms with E-state index in [-0.39, 0.29) is 4.75 Å². The van der Waals surface area contributed by atoms with E-state index in [2.05, 4.69) is 65.1 Å². The van der Waals surface area contributed by atoms with Crippen molar-refractivity contribution in [1.29, 1.82) is 0 Å². The monoisotopic (exact) mass is 362 g/mol. The van der Waals surface area contributed by atoms with Crippen LogP contribution in [0, 0.1) is 0 Å². The standard InChI is InChI=1S/C18H26N4S2/c1-5-19-17(21-13-18(2,3)23-4)20-11-15-12-24-16(22-15)14-9-7-6-8-10-14/h6-10,12H,5,11,13H2,1-4H3,(H2,19,20,21). The number of aromatic nitrogens is 1. The third kappa shape index (κ3) is 5.83. The van der Waals surface area contributed by atoms with E-state index in [1.807, 2.05) is 30.0 Å². The number of benzene rings is 1. The molecule has 2 rings (SSSR count). The Morgan fingerprint density at radius 2 is 2.00 bits per heavy atom. The van der Waals surface area contributed by atoms with E-state index in [0.29, 0.717) is 6.54 Å². The van der Waals surface area contributed by atoms with Crippen LogP contribution < -0.4 is 10.6 Å². The van der Waals surface area contributed by atoms with Crippen LogP contribution in [-0.4, -0.2) is 35.0 Å². The second kappa shape index (κ2) is 9.08. The summed E-state index contributed by atoms with van der Waals surface area (Å²) in [5.74, 6) is 0.842. The molecule has 0 saturated heterocycles. The molecule has 4 nitrogen and oxygen atoms in total. The highest BCUT2D eigenvalue weighted by Crippen LogP contribution is 2.23. The van der Waals surface area contributed by atoms with Crippen molar-refractivity contribution in [3.8, 4) is 10.6 Å². The van der Waals surface area contributed by atoms with Crippen LogP contribution >= 0.6 is 23.1 Å². The Morgan fingerprint density at radius 3 is 2.67 bits per heavy atom. The molecule has 0 saturated carbocycles. The molecule has 0 unspecified atom stereocenters. The van der Waals surface area contributed by atoms with Gasteiger partial charge < -0.3 is 10.6 Å². The minimum Gasteiger partial charge on any atom is -0.357 e. The SMILES string of the molecule is CCNC(=NCc1csc(-c2ccccc2)n1)NCC(C)(C)SC. The summed E-state index contributed by atoms with van der Waals surface area (Å²) in [6.45, 7) is 8.82. The summed E-state index contributed by atoms with van der Waals surface area (Å²) in [4.78, 5) is 9.35. The maximum Gasteiger partial charge on any atom is 0.191 e. The van der Waals surface area contributed by atoms with Gasteiger partial charge in [0.25, 0.3) is 0 Å². The molecule has 0 spiro atoms. The molecule has 0 radical (unpaired) electrons. The molecule has 6 heteroatoms. The van der Waals surface area contributed by atoms with E-state index in [1.165, 1.54) is 0 Å². The van der Waals surface area contributed by atoms with Crippen molar-refractivity contribution in [3.05, 3.63) is 41.4 Å². The molecule has 1 aromatic carbocycles. The maximum atomic E-state index is 4.69. The van der Waals surface area contributed by atoms with Gasteiger partial charge in [-0.25, -0.2) is 9.98 Å². The van der Waals surface area contributed by atoms with Crippen molar-refractivity contribution in [2.45, 2.75) is 32.1 Å². The molecule has 24 heavy (non-hydrogen) atoms. The van der Waals surface area contributed by atoms with Crippen molar-refractivity contribution in [2.24, 2.45) is 4.99 Å². The van der Waals surface area contributed by atoms with Gasteiger partial charge in [0.05, 0.1) is 12.2 Å². The van der Waals surface area contributed by atoms with Crippen molar-refractivity contribution in [1.82, 2.24) is 15.6 Å². The molecule has 0 aliphatic rings. The van der Waals surface area contributed by atoms with Crippen LogP contribution in [0.4, 0.5) is 0 Å². The summed E-state index contributed by atoms with van der Waals surface area (Å²) in [5, 5.41) is 9.84. The van der Waals surface area contributed by atoms with Crippen LogP contribution in [-0.2, 0) is 6.54 Å². The van der Waals surface area contributed by atoms with Crippen LogP contribution in [0.15, 0.2) is 40.7 Å². The Kier molecular flexibility index (Phi) is 7.12. The summed E-state index contributed by atoms with van der Waals surface area (Å²) >= 11 is 3.51.